The van der Waals surface area contributed by atoms with Crippen LogP contribution in [0.2, 0.25) is 0 Å². The molecule has 0 atom stereocenters. The number of rotatable bonds is 1. The molecule has 1 heterocycles. The van der Waals surface area contributed by atoms with Gasteiger partial charge in [0.15, 0.2) is 0 Å². The van der Waals surface area contributed by atoms with Gasteiger partial charge in [-0.3, -0.25) is 0 Å². The maximum atomic E-state index is 2.29. The predicted octanol–water partition coefficient (Wildman–Crippen LogP) is 0.949. The van der Waals surface area contributed by atoms with Gasteiger partial charge in [0, 0.05) is 13.8 Å². The molecule has 2 nitrogen and oxygen atoms in total. The highest BCUT2D eigenvalue weighted by molar-refractivity contribution is 4.94. The molecule has 2 heteroatoms. The van der Waals surface area contributed by atoms with E-state index in [4.69, 9.17) is 0 Å². The van der Waals surface area contributed by atoms with E-state index in [1.165, 1.54) is 11.5 Å². The van der Waals surface area contributed by atoms with Crippen LogP contribution >= 0.6 is 0 Å². The van der Waals surface area contributed by atoms with Gasteiger partial charge in [0.05, 0.1) is 13.6 Å². The average Bonchev–Trinajstić information content (AvgIpc) is 2.09. The molecule has 0 aliphatic carbocycles. The first-order chi connectivity index (χ1) is 4.66. The Labute approximate surface area is 62.1 Å². The van der Waals surface area contributed by atoms with Crippen molar-refractivity contribution in [3.63, 3.8) is 0 Å². The predicted molar refractivity (Wildman–Crippen MR) is 40.8 cm³/mol. The molecule has 0 unspecified atom stereocenters. The second-order valence-electron chi connectivity index (χ2n) is 2.67. The fourth-order valence-corrected chi connectivity index (χ4v) is 1.37. The average molecular weight is 139 g/mol. The summed E-state index contributed by atoms with van der Waals surface area (Å²) in [5.74, 6) is 1.32. The van der Waals surface area contributed by atoms with Crippen molar-refractivity contribution in [2.24, 2.45) is 7.05 Å². The van der Waals surface area contributed by atoms with Gasteiger partial charge in [-0.25, -0.2) is 9.13 Å². The van der Waals surface area contributed by atoms with Crippen molar-refractivity contribution >= 4 is 0 Å². The number of nitrogens with zero attached hydrogens (tertiary/aromatic N) is 2. The molecule has 0 fully saturated rings. The zero-order valence-electron chi connectivity index (χ0n) is 7.18. The van der Waals surface area contributed by atoms with Crippen molar-refractivity contribution in [1.29, 1.82) is 0 Å². The fraction of sp³-hybridized carbons (Fsp3) is 0.625. The van der Waals surface area contributed by atoms with Gasteiger partial charge in [0.2, 0.25) is 0 Å². The lowest BCUT2D eigenvalue weighted by Gasteiger charge is -1.93. The monoisotopic (exact) mass is 139 g/mol. The molecule has 56 valence electrons. The SMILES string of the molecule is CCn1c(C)c[n+](C)c1C. The van der Waals surface area contributed by atoms with Crippen LogP contribution in [0.25, 0.3) is 0 Å². The summed E-state index contributed by atoms with van der Waals surface area (Å²) in [5.41, 5.74) is 1.34. The first kappa shape index (κ1) is 7.32. The summed E-state index contributed by atoms with van der Waals surface area (Å²) in [6.07, 6.45) is 2.15. The lowest BCUT2D eigenvalue weighted by molar-refractivity contribution is -0.677. The normalized spacial score (nSPS) is 10.4. The zero-order chi connectivity index (χ0) is 7.72. The van der Waals surface area contributed by atoms with E-state index >= 15 is 0 Å². The van der Waals surface area contributed by atoms with Crippen LogP contribution in [-0.2, 0) is 13.6 Å². The Morgan fingerprint density at radius 3 is 2.30 bits per heavy atom. The van der Waals surface area contributed by atoms with Gasteiger partial charge in [-0.2, -0.15) is 0 Å². The number of imidazole rings is 1. The number of aryl methyl sites for hydroxylation is 2. The summed E-state index contributed by atoms with van der Waals surface area (Å²) in [7, 11) is 2.08. The van der Waals surface area contributed by atoms with E-state index in [1.807, 2.05) is 0 Å². The van der Waals surface area contributed by atoms with E-state index in [-0.39, 0.29) is 0 Å². The Morgan fingerprint density at radius 2 is 2.10 bits per heavy atom. The van der Waals surface area contributed by atoms with Crippen LogP contribution in [0.4, 0.5) is 0 Å². The zero-order valence-corrected chi connectivity index (χ0v) is 7.18. The molecule has 0 saturated carbocycles. The Kier molecular flexibility index (Phi) is 1.79. The van der Waals surface area contributed by atoms with E-state index in [0.29, 0.717) is 0 Å². The minimum atomic E-state index is 1.07. The molecule has 0 aliphatic rings. The van der Waals surface area contributed by atoms with Gasteiger partial charge in [-0.15, -0.1) is 0 Å². The fourth-order valence-electron chi connectivity index (χ4n) is 1.37. The van der Waals surface area contributed by atoms with Crippen molar-refractivity contribution < 1.29 is 4.57 Å². The Bertz CT molecular complexity index is 236. The van der Waals surface area contributed by atoms with Crippen LogP contribution in [0.5, 0.6) is 0 Å². The van der Waals surface area contributed by atoms with Gasteiger partial charge in [-0.1, -0.05) is 0 Å². The van der Waals surface area contributed by atoms with E-state index < -0.39 is 0 Å². The second kappa shape index (κ2) is 2.45. The highest BCUT2D eigenvalue weighted by Gasteiger charge is 2.10. The second-order valence-corrected chi connectivity index (χ2v) is 2.67. The summed E-state index contributed by atoms with van der Waals surface area (Å²) in [6.45, 7) is 7.51. The summed E-state index contributed by atoms with van der Waals surface area (Å²) in [6, 6.07) is 0. The third-order valence-corrected chi connectivity index (χ3v) is 2.02. The first-order valence-electron chi connectivity index (χ1n) is 3.69. The minimum Gasteiger partial charge on any atom is -0.237 e. The van der Waals surface area contributed by atoms with Crippen molar-refractivity contribution in [2.75, 3.05) is 0 Å². The molecule has 0 aromatic carbocycles. The van der Waals surface area contributed by atoms with Gasteiger partial charge in [0.1, 0.15) is 11.9 Å². The van der Waals surface area contributed by atoms with Crippen LogP contribution < -0.4 is 4.57 Å². The molecule has 10 heavy (non-hydrogen) atoms. The summed E-state index contributed by atoms with van der Waals surface area (Å²) in [5, 5.41) is 0. The molecule has 0 spiro atoms. The molecule has 1 aromatic rings. The molecule has 0 aliphatic heterocycles. The van der Waals surface area contributed by atoms with Crippen molar-refractivity contribution in [1.82, 2.24) is 4.57 Å². The molecule has 1 aromatic heterocycles. The standard InChI is InChI=1S/C8H15N2/c1-5-10-7(2)6-9(4)8(10)3/h6H,5H2,1-4H3/q+1. The number of hydrogen-bond donors (Lipinski definition) is 0. The van der Waals surface area contributed by atoms with Crippen molar-refractivity contribution in [2.45, 2.75) is 27.3 Å². The van der Waals surface area contributed by atoms with Crippen molar-refractivity contribution in [3.05, 3.63) is 17.7 Å². The van der Waals surface area contributed by atoms with Gasteiger partial charge in [0.25, 0.3) is 5.82 Å². The Morgan fingerprint density at radius 1 is 1.50 bits per heavy atom. The molecular weight excluding hydrogens is 124 g/mol. The third-order valence-electron chi connectivity index (χ3n) is 2.02. The smallest absolute Gasteiger partial charge is 0.237 e. The van der Waals surface area contributed by atoms with E-state index in [9.17, 15) is 0 Å². The summed E-state index contributed by atoms with van der Waals surface area (Å²) < 4.78 is 4.44. The molecule has 0 N–H and O–H groups in total. The van der Waals surface area contributed by atoms with Gasteiger partial charge < -0.3 is 0 Å². The van der Waals surface area contributed by atoms with E-state index in [2.05, 4.69) is 43.1 Å². The first-order valence-corrected chi connectivity index (χ1v) is 3.69. The molecule has 0 saturated heterocycles. The van der Waals surface area contributed by atoms with Crippen LogP contribution in [-0.4, -0.2) is 4.57 Å². The maximum Gasteiger partial charge on any atom is 0.253 e. The van der Waals surface area contributed by atoms with Crippen molar-refractivity contribution in [3.8, 4) is 0 Å². The molecule has 1 rings (SSSR count). The summed E-state index contributed by atoms with van der Waals surface area (Å²) in [4.78, 5) is 0. The topological polar surface area (TPSA) is 8.81 Å². The Balaban J connectivity index is 3.20. The molecule has 0 bridgehead atoms. The van der Waals surface area contributed by atoms with Crippen LogP contribution in [0, 0.1) is 13.8 Å². The summed E-state index contributed by atoms with van der Waals surface area (Å²) >= 11 is 0. The Hall–Kier alpha value is -0.790. The molecule has 0 amide bonds. The van der Waals surface area contributed by atoms with Gasteiger partial charge in [-0.05, 0) is 6.92 Å². The van der Waals surface area contributed by atoms with Gasteiger partial charge >= 0.3 is 0 Å². The largest absolute Gasteiger partial charge is 0.253 e. The maximum absolute atomic E-state index is 2.29. The third kappa shape index (κ3) is 0.939. The lowest BCUT2D eigenvalue weighted by atomic mass is 10.5. The lowest BCUT2D eigenvalue weighted by Crippen LogP contribution is -2.29. The quantitative estimate of drug-likeness (QED) is 0.512. The molecular formula is C8H15N2+. The van der Waals surface area contributed by atoms with E-state index in [0.717, 1.165) is 6.54 Å². The molecule has 0 radical (unpaired) electrons. The number of hydrogen-bond acceptors (Lipinski definition) is 0. The number of aromatic nitrogens is 2. The van der Waals surface area contributed by atoms with Crippen LogP contribution in [0.1, 0.15) is 18.4 Å². The van der Waals surface area contributed by atoms with E-state index in [1.54, 1.807) is 0 Å². The highest BCUT2D eigenvalue weighted by Crippen LogP contribution is 1.98. The van der Waals surface area contributed by atoms with Crippen LogP contribution in [0.3, 0.4) is 0 Å². The highest BCUT2D eigenvalue weighted by atomic mass is 15.1. The minimum absolute atomic E-state index is 1.07. The van der Waals surface area contributed by atoms with Crippen LogP contribution in [0.15, 0.2) is 6.20 Å².